The molecule has 8 heteroatoms. The number of aromatic nitrogens is 2. The molecule has 0 spiro atoms. The van der Waals surface area contributed by atoms with E-state index in [0.29, 0.717) is 23.7 Å². The van der Waals surface area contributed by atoms with E-state index in [-0.39, 0.29) is 5.03 Å². The van der Waals surface area contributed by atoms with E-state index in [1.807, 2.05) is 6.07 Å². The number of rotatable bonds is 2. The van der Waals surface area contributed by atoms with Crippen LogP contribution >= 0.6 is 11.8 Å². The molecule has 6 nitrogen and oxygen atoms in total. The van der Waals surface area contributed by atoms with Gasteiger partial charge in [0.25, 0.3) is 10.0 Å². The van der Waals surface area contributed by atoms with Crippen molar-refractivity contribution in [1.82, 2.24) is 9.78 Å². The van der Waals surface area contributed by atoms with Crippen molar-refractivity contribution >= 4 is 33.2 Å². The molecule has 1 aromatic heterocycles. The molecular weight excluding hydrogens is 296 g/mol. The van der Waals surface area contributed by atoms with Crippen molar-refractivity contribution in [3.8, 4) is 0 Å². The number of hydrogen-bond acceptors (Lipinski definition) is 5. The Bertz CT molecular complexity index is 755. The number of nitrogens with zero attached hydrogens (tertiary/aromatic N) is 3. The summed E-state index contributed by atoms with van der Waals surface area (Å²) in [6, 6.07) is 6.85. The summed E-state index contributed by atoms with van der Waals surface area (Å²) in [5.41, 5.74) is 6.98. The van der Waals surface area contributed by atoms with Gasteiger partial charge in [0.15, 0.2) is 5.03 Å². The van der Waals surface area contributed by atoms with Gasteiger partial charge < -0.3 is 5.73 Å². The molecule has 0 fully saturated rings. The zero-order valence-corrected chi connectivity index (χ0v) is 12.5. The molecule has 2 heterocycles. The lowest BCUT2D eigenvalue weighted by molar-refractivity contribution is 0.572. The minimum absolute atomic E-state index is 0.178. The number of anilines is 2. The molecule has 106 valence electrons. The van der Waals surface area contributed by atoms with Crippen molar-refractivity contribution in [1.29, 1.82) is 0 Å². The van der Waals surface area contributed by atoms with Crippen LogP contribution in [-0.2, 0) is 17.1 Å². The summed E-state index contributed by atoms with van der Waals surface area (Å²) in [6.45, 7) is 0.425. The fourth-order valence-electron chi connectivity index (χ4n) is 2.19. The molecule has 1 aliphatic rings. The van der Waals surface area contributed by atoms with Crippen LogP contribution in [0.15, 0.2) is 40.4 Å². The normalized spacial score (nSPS) is 15.2. The predicted octanol–water partition coefficient (Wildman–Crippen LogP) is 1.30. The van der Waals surface area contributed by atoms with Crippen LogP contribution in [0.4, 0.5) is 11.4 Å². The van der Waals surface area contributed by atoms with Crippen LogP contribution in [0.2, 0.25) is 0 Å². The SMILES string of the molecule is Cn1nccc1S(=O)(=O)N1CCSc2ccc(N)cc21. The van der Waals surface area contributed by atoms with E-state index in [4.69, 9.17) is 5.73 Å². The van der Waals surface area contributed by atoms with Crippen LogP contribution in [0.1, 0.15) is 0 Å². The third kappa shape index (κ3) is 2.04. The number of sulfonamides is 1. The lowest BCUT2D eigenvalue weighted by Crippen LogP contribution is -2.36. The second-order valence-corrected chi connectivity index (χ2v) is 7.39. The highest BCUT2D eigenvalue weighted by Gasteiger charge is 2.31. The Balaban J connectivity index is 2.13. The van der Waals surface area contributed by atoms with Crippen molar-refractivity contribution in [3.63, 3.8) is 0 Å². The van der Waals surface area contributed by atoms with Gasteiger partial charge in [-0.25, -0.2) is 0 Å². The van der Waals surface area contributed by atoms with Gasteiger partial charge in [0.05, 0.1) is 11.9 Å². The number of hydrogen-bond donors (Lipinski definition) is 1. The zero-order valence-electron chi connectivity index (χ0n) is 10.9. The number of nitrogens with two attached hydrogens (primary N) is 1. The molecule has 0 saturated carbocycles. The average molecular weight is 310 g/mol. The van der Waals surface area contributed by atoms with Gasteiger partial charge in [-0.1, -0.05) is 0 Å². The summed E-state index contributed by atoms with van der Waals surface area (Å²) in [6.07, 6.45) is 1.48. The number of benzene rings is 1. The molecule has 0 radical (unpaired) electrons. The van der Waals surface area contributed by atoms with Gasteiger partial charge in [0.2, 0.25) is 0 Å². The molecule has 2 N–H and O–H groups in total. The Kier molecular flexibility index (Phi) is 3.14. The molecule has 2 aromatic rings. The maximum Gasteiger partial charge on any atom is 0.281 e. The van der Waals surface area contributed by atoms with Gasteiger partial charge in [-0.2, -0.15) is 13.5 Å². The first-order valence-corrected chi connectivity index (χ1v) is 8.46. The van der Waals surface area contributed by atoms with Gasteiger partial charge in [-0.05, 0) is 24.3 Å². The molecule has 0 amide bonds. The molecule has 0 bridgehead atoms. The number of aryl methyl sites for hydroxylation is 1. The van der Waals surface area contributed by atoms with E-state index in [1.54, 1.807) is 30.9 Å². The van der Waals surface area contributed by atoms with Gasteiger partial charge in [0.1, 0.15) is 0 Å². The summed E-state index contributed by atoms with van der Waals surface area (Å²) in [5.74, 6) is 0.716. The highest BCUT2D eigenvalue weighted by Crippen LogP contribution is 2.38. The highest BCUT2D eigenvalue weighted by atomic mass is 32.2. The highest BCUT2D eigenvalue weighted by molar-refractivity contribution is 8.00. The second kappa shape index (κ2) is 4.71. The van der Waals surface area contributed by atoms with E-state index >= 15 is 0 Å². The lowest BCUT2D eigenvalue weighted by Gasteiger charge is -2.30. The third-order valence-corrected chi connectivity index (χ3v) is 6.07. The van der Waals surface area contributed by atoms with Crippen LogP contribution in [0.25, 0.3) is 0 Å². The smallest absolute Gasteiger partial charge is 0.281 e. The minimum atomic E-state index is -3.61. The van der Waals surface area contributed by atoms with Gasteiger partial charge in [-0.3, -0.25) is 8.99 Å². The van der Waals surface area contributed by atoms with Crippen molar-refractivity contribution in [2.24, 2.45) is 7.05 Å². The Morgan fingerprint density at radius 2 is 2.15 bits per heavy atom. The third-order valence-electron chi connectivity index (χ3n) is 3.13. The van der Waals surface area contributed by atoms with Crippen LogP contribution in [-0.4, -0.2) is 30.5 Å². The standard InChI is InChI=1S/C12H14N4O2S2/c1-15-12(4-5-14-15)20(17,18)16-6-7-19-11-3-2-9(13)8-10(11)16/h2-5,8H,6-7,13H2,1H3. The van der Waals surface area contributed by atoms with Crippen molar-refractivity contribution < 1.29 is 8.42 Å². The van der Waals surface area contributed by atoms with Crippen LogP contribution < -0.4 is 10.0 Å². The topological polar surface area (TPSA) is 81.2 Å². The van der Waals surface area contributed by atoms with Gasteiger partial charge in [-0.15, -0.1) is 11.8 Å². The first-order valence-electron chi connectivity index (χ1n) is 6.03. The van der Waals surface area contributed by atoms with Crippen LogP contribution in [0, 0.1) is 0 Å². The molecule has 1 aromatic carbocycles. The monoisotopic (exact) mass is 310 g/mol. The zero-order chi connectivity index (χ0) is 14.3. The summed E-state index contributed by atoms with van der Waals surface area (Å²) < 4.78 is 28.3. The van der Waals surface area contributed by atoms with Crippen molar-refractivity contribution in [3.05, 3.63) is 30.5 Å². The number of nitrogen functional groups attached to an aromatic ring is 1. The molecule has 0 atom stereocenters. The largest absolute Gasteiger partial charge is 0.399 e. The second-order valence-electron chi connectivity index (χ2n) is 4.45. The minimum Gasteiger partial charge on any atom is -0.399 e. The van der Waals surface area contributed by atoms with E-state index in [9.17, 15) is 8.42 Å². The van der Waals surface area contributed by atoms with E-state index in [1.165, 1.54) is 21.3 Å². The van der Waals surface area contributed by atoms with E-state index < -0.39 is 10.0 Å². The Morgan fingerprint density at radius 3 is 2.85 bits per heavy atom. The quantitative estimate of drug-likeness (QED) is 0.846. The molecular formula is C12H14N4O2S2. The molecule has 0 saturated heterocycles. The molecule has 3 rings (SSSR count). The number of fused-ring (bicyclic) bond motifs is 1. The predicted molar refractivity (Wildman–Crippen MR) is 79.3 cm³/mol. The lowest BCUT2D eigenvalue weighted by atomic mass is 10.3. The summed E-state index contributed by atoms with van der Waals surface area (Å²) >= 11 is 1.63. The Labute approximate surface area is 121 Å². The average Bonchev–Trinajstić information content (AvgIpc) is 2.85. The van der Waals surface area contributed by atoms with Crippen LogP contribution in [0.3, 0.4) is 0 Å². The van der Waals surface area contributed by atoms with Gasteiger partial charge in [0, 0.05) is 29.9 Å². The van der Waals surface area contributed by atoms with E-state index in [0.717, 1.165) is 4.90 Å². The maximum atomic E-state index is 12.8. The Morgan fingerprint density at radius 1 is 1.35 bits per heavy atom. The summed E-state index contributed by atoms with van der Waals surface area (Å²) in [7, 11) is -2.00. The number of thioether (sulfide) groups is 1. The van der Waals surface area contributed by atoms with Crippen molar-refractivity contribution in [2.45, 2.75) is 9.92 Å². The molecule has 1 aliphatic heterocycles. The molecule has 0 aliphatic carbocycles. The summed E-state index contributed by atoms with van der Waals surface area (Å²) in [5, 5.41) is 4.11. The fourth-order valence-corrected chi connectivity index (χ4v) is 4.92. The first-order chi connectivity index (χ1) is 9.50. The Hall–Kier alpha value is -1.67. The summed E-state index contributed by atoms with van der Waals surface area (Å²) in [4.78, 5) is 0.927. The maximum absolute atomic E-state index is 12.8. The first kappa shape index (κ1) is 13.3. The molecule has 20 heavy (non-hydrogen) atoms. The van der Waals surface area contributed by atoms with Crippen LogP contribution in [0.5, 0.6) is 0 Å². The molecule has 0 unspecified atom stereocenters. The van der Waals surface area contributed by atoms with Crippen molar-refractivity contribution in [2.75, 3.05) is 22.3 Å². The van der Waals surface area contributed by atoms with E-state index in [2.05, 4.69) is 5.10 Å². The fraction of sp³-hybridized carbons (Fsp3) is 0.250. The van der Waals surface area contributed by atoms with Gasteiger partial charge >= 0.3 is 0 Å².